The third kappa shape index (κ3) is 2.13. The van der Waals surface area contributed by atoms with Crippen molar-refractivity contribution in [3.63, 3.8) is 0 Å². The number of aryl methyl sites for hydroxylation is 1. The largest absolute Gasteiger partial charge is 0.308 e. The molecule has 0 spiro atoms. The van der Waals surface area contributed by atoms with Crippen molar-refractivity contribution in [3.8, 4) is 0 Å². The summed E-state index contributed by atoms with van der Waals surface area (Å²) in [5, 5.41) is 5.37. The molecule has 4 nitrogen and oxygen atoms in total. The lowest BCUT2D eigenvalue weighted by Crippen LogP contribution is -2.17. The number of benzene rings is 3. The first-order chi connectivity index (χ1) is 13.4. The molecule has 5 aromatic rings. The molecule has 1 aliphatic rings. The van der Waals surface area contributed by atoms with Crippen molar-refractivity contribution in [1.29, 1.82) is 0 Å². The van der Waals surface area contributed by atoms with E-state index in [4.69, 9.17) is 0 Å². The van der Waals surface area contributed by atoms with Crippen LogP contribution in [-0.4, -0.2) is 19.5 Å². The highest BCUT2D eigenvalue weighted by Gasteiger charge is 2.25. The maximum Gasteiger partial charge on any atom is 0.163 e. The van der Waals surface area contributed by atoms with Crippen molar-refractivity contribution in [2.24, 2.45) is 0 Å². The van der Waals surface area contributed by atoms with Gasteiger partial charge in [0, 0.05) is 0 Å². The quantitative estimate of drug-likeness (QED) is 0.397. The number of hydrogen-bond donors (Lipinski definition) is 0. The van der Waals surface area contributed by atoms with Crippen molar-refractivity contribution >= 4 is 32.7 Å². The molecule has 0 bridgehead atoms. The Balaban J connectivity index is 1.60. The van der Waals surface area contributed by atoms with Gasteiger partial charge in [0.2, 0.25) is 0 Å². The van der Waals surface area contributed by atoms with E-state index in [2.05, 4.69) is 68.0 Å². The van der Waals surface area contributed by atoms with E-state index in [-0.39, 0.29) is 6.04 Å². The Kier molecular flexibility index (Phi) is 3.09. The Bertz CT molecular complexity index is 1320. The fourth-order valence-electron chi connectivity index (χ4n) is 4.69. The molecule has 1 aliphatic carbocycles. The molecule has 0 aliphatic heterocycles. The molecule has 0 amide bonds. The molecule has 1 atom stereocenters. The minimum Gasteiger partial charge on any atom is -0.308 e. The Morgan fingerprint density at radius 3 is 2.81 bits per heavy atom. The average Bonchev–Trinajstić information content (AvgIpc) is 3.17. The van der Waals surface area contributed by atoms with E-state index in [0.717, 1.165) is 24.0 Å². The molecule has 1 unspecified atom stereocenters. The highest BCUT2D eigenvalue weighted by molar-refractivity contribution is 6.08. The van der Waals surface area contributed by atoms with Gasteiger partial charge in [0.1, 0.15) is 11.8 Å². The predicted molar refractivity (Wildman–Crippen MR) is 108 cm³/mol. The molecule has 3 aromatic carbocycles. The van der Waals surface area contributed by atoms with Crippen molar-refractivity contribution in [2.45, 2.75) is 25.3 Å². The molecule has 27 heavy (non-hydrogen) atoms. The lowest BCUT2D eigenvalue weighted by atomic mass is 9.83. The smallest absolute Gasteiger partial charge is 0.163 e. The summed E-state index contributed by atoms with van der Waals surface area (Å²) in [7, 11) is 0. The lowest BCUT2D eigenvalue weighted by Gasteiger charge is -2.28. The zero-order chi connectivity index (χ0) is 17.8. The second kappa shape index (κ2) is 5.61. The van der Waals surface area contributed by atoms with Gasteiger partial charge in [-0.3, -0.25) is 0 Å². The molecule has 4 heteroatoms. The van der Waals surface area contributed by atoms with Crippen LogP contribution in [0.5, 0.6) is 0 Å². The summed E-state index contributed by atoms with van der Waals surface area (Å²) in [6, 6.07) is 18.1. The first-order valence-electron chi connectivity index (χ1n) is 9.46. The van der Waals surface area contributed by atoms with Crippen LogP contribution in [0.4, 0.5) is 0 Å². The Labute approximate surface area is 156 Å². The number of nitrogens with zero attached hydrogens (tertiary/aromatic N) is 4. The van der Waals surface area contributed by atoms with Crippen molar-refractivity contribution in [2.75, 3.05) is 0 Å². The van der Waals surface area contributed by atoms with Crippen LogP contribution in [0.2, 0.25) is 0 Å². The lowest BCUT2D eigenvalue weighted by molar-refractivity contribution is 0.499. The van der Waals surface area contributed by atoms with E-state index >= 15 is 0 Å². The van der Waals surface area contributed by atoms with Gasteiger partial charge in [0.05, 0.1) is 18.6 Å². The van der Waals surface area contributed by atoms with Gasteiger partial charge >= 0.3 is 0 Å². The second-order valence-electron chi connectivity index (χ2n) is 7.31. The molecule has 2 aromatic heterocycles. The molecular formula is C23H18N4. The normalized spacial score (nSPS) is 16.8. The first-order valence-corrected chi connectivity index (χ1v) is 9.46. The molecular weight excluding hydrogens is 332 g/mol. The standard InChI is InChI=1S/C23H18N4/c1-2-5-16-15(4-1)8-9-19-17-6-3-7-22(20(17)11-10-18(16)19)27-14-26-21-12-24-13-25-23(21)27/h1-2,4-5,8-14,22H,3,6-7H2. The van der Waals surface area contributed by atoms with Crippen molar-refractivity contribution in [1.82, 2.24) is 19.5 Å². The SMILES string of the molecule is c1ccc2c(c1)ccc1c3c(ccc12)C(n1cnc2cncnc21)CCC3. The molecule has 0 saturated heterocycles. The van der Waals surface area contributed by atoms with Crippen LogP contribution < -0.4 is 0 Å². The van der Waals surface area contributed by atoms with Gasteiger partial charge in [-0.1, -0.05) is 48.5 Å². The van der Waals surface area contributed by atoms with Crippen molar-refractivity contribution < 1.29 is 0 Å². The van der Waals surface area contributed by atoms with Gasteiger partial charge in [-0.15, -0.1) is 0 Å². The molecule has 0 radical (unpaired) electrons. The molecule has 2 heterocycles. The van der Waals surface area contributed by atoms with Gasteiger partial charge < -0.3 is 4.57 Å². The van der Waals surface area contributed by atoms with Gasteiger partial charge in [-0.05, 0) is 51.9 Å². The fraction of sp³-hybridized carbons (Fsp3) is 0.174. The molecule has 0 saturated carbocycles. The van der Waals surface area contributed by atoms with Crippen LogP contribution in [0, 0.1) is 0 Å². The first kappa shape index (κ1) is 14.9. The average molecular weight is 350 g/mol. The monoisotopic (exact) mass is 350 g/mol. The molecule has 6 rings (SSSR count). The number of hydrogen-bond acceptors (Lipinski definition) is 3. The Hall–Kier alpha value is -3.27. The van der Waals surface area contributed by atoms with Crippen LogP contribution in [0.15, 0.2) is 67.4 Å². The van der Waals surface area contributed by atoms with Gasteiger partial charge in [-0.25, -0.2) is 15.0 Å². The van der Waals surface area contributed by atoms with Crippen molar-refractivity contribution in [3.05, 3.63) is 78.5 Å². The number of fused-ring (bicyclic) bond motifs is 6. The highest BCUT2D eigenvalue weighted by Crippen LogP contribution is 2.39. The molecule has 130 valence electrons. The van der Waals surface area contributed by atoms with E-state index in [0.29, 0.717) is 0 Å². The topological polar surface area (TPSA) is 43.6 Å². The summed E-state index contributed by atoms with van der Waals surface area (Å²) >= 11 is 0. The third-order valence-corrected chi connectivity index (χ3v) is 5.91. The molecule has 0 N–H and O–H groups in total. The minimum atomic E-state index is 0.282. The maximum atomic E-state index is 4.51. The van der Waals surface area contributed by atoms with Crippen LogP contribution in [0.1, 0.15) is 30.0 Å². The number of aromatic nitrogens is 4. The van der Waals surface area contributed by atoms with Crippen LogP contribution >= 0.6 is 0 Å². The summed E-state index contributed by atoms with van der Waals surface area (Å²) in [5.74, 6) is 0. The fourth-order valence-corrected chi connectivity index (χ4v) is 4.69. The zero-order valence-corrected chi connectivity index (χ0v) is 14.8. The molecule has 0 fully saturated rings. The third-order valence-electron chi connectivity index (χ3n) is 5.91. The van der Waals surface area contributed by atoms with E-state index < -0.39 is 0 Å². The maximum absolute atomic E-state index is 4.51. The summed E-state index contributed by atoms with van der Waals surface area (Å²) in [5.41, 5.74) is 4.66. The zero-order valence-electron chi connectivity index (χ0n) is 14.8. The summed E-state index contributed by atoms with van der Waals surface area (Å²) < 4.78 is 2.22. The van der Waals surface area contributed by atoms with E-state index in [1.807, 2.05) is 6.33 Å². The van der Waals surface area contributed by atoms with E-state index in [1.54, 1.807) is 12.5 Å². The summed E-state index contributed by atoms with van der Waals surface area (Å²) in [6.07, 6.45) is 8.73. The van der Waals surface area contributed by atoms with Gasteiger partial charge in [-0.2, -0.15) is 0 Å². The van der Waals surface area contributed by atoms with Gasteiger partial charge in [0.15, 0.2) is 5.65 Å². The van der Waals surface area contributed by atoms with E-state index in [9.17, 15) is 0 Å². The van der Waals surface area contributed by atoms with Crippen LogP contribution in [0.25, 0.3) is 32.7 Å². The van der Waals surface area contributed by atoms with E-state index in [1.165, 1.54) is 39.1 Å². The Morgan fingerprint density at radius 1 is 0.889 bits per heavy atom. The second-order valence-corrected chi connectivity index (χ2v) is 7.31. The summed E-state index contributed by atoms with van der Waals surface area (Å²) in [6.45, 7) is 0. The number of imidazole rings is 1. The Morgan fingerprint density at radius 2 is 1.81 bits per heavy atom. The number of rotatable bonds is 1. The minimum absolute atomic E-state index is 0.282. The highest BCUT2D eigenvalue weighted by atomic mass is 15.1. The predicted octanol–water partition coefficient (Wildman–Crippen LogP) is 5.06. The van der Waals surface area contributed by atoms with Crippen LogP contribution in [-0.2, 0) is 6.42 Å². The summed E-state index contributed by atoms with van der Waals surface area (Å²) in [4.78, 5) is 13.1. The van der Waals surface area contributed by atoms with Crippen LogP contribution in [0.3, 0.4) is 0 Å². The van der Waals surface area contributed by atoms with Gasteiger partial charge in [0.25, 0.3) is 0 Å².